The first kappa shape index (κ1) is 32.0. The second kappa shape index (κ2) is 25.6. The van der Waals surface area contributed by atoms with Crippen LogP contribution in [0.4, 0.5) is 0 Å². The molecule has 1 heteroatoms. The zero-order valence-electron chi connectivity index (χ0n) is 23.5. The quantitative estimate of drug-likeness (QED) is 0.0858. The number of hydrogen-bond donors (Lipinski definition) is 0. The van der Waals surface area contributed by atoms with E-state index in [4.69, 9.17) is 0 Å². The summed E-state index contributed by atoms with van der Waals surface area (Å²) >= 11 is 0. The van der Waals surface area contributed by atoms with Gasteiger partial charge in [0.15, 0.2) is 0 Å². The minimum Gasteiger partial charge on any atom is -0.324 e. The van der Waals surface area contributed by atoms with Crippen LogP contribution in [0, 0.1) is 0 Å². The average molecular weight is 453 g/mol. The van der Waals surface area contributed by atoms with Crippen LogP contribution in [0.1, 0.15) is 175 Å². The zero-order chi connectivity index (χ0) is 23.6. The van der Waals surface area contributed by atoms with Crippen molar-refractivity contribution in [2.24, 2.45) is 0 Å². The highest BCUT2D eigenvalue weighted by atomic mass is 15.3. The number of rotatable bonds is 27. The fourth-order valence-corrected chi connectivity index (χ4v) is 5.38. The fourth-order valence-electron chi connectivity index (χ4n) is 5.38. The van der Waals surface area contributed by atoms with E-state index in [1.165, 1.54) is 178 Å². The predicted octanol–water partition coefficient (Wildman–Crippen LogP) is 10.9. The lowest BCUT2D eigenvalue weighted by Crippen LogP contribution is -2.50. The Labute approximate surface area is 206 Å². The summed E-state index contributed by atoms with van der Waals surface area (Å²) < 4.78 is 1.46. The molecule has 0 aromatic carbocycles. The monoisotopic (exact) mass is 453 g/mol. The Hall–Kier alpha value is -0.0400. The summed E-state index contributed by atoms with van der Waals surface area (Å²) in [6, 6.07) is 0. The van der Waals surface area contributed by atoms with Crippen molar-refractivity contribution in [2.45, 2.75) is 175 Å². The third-order valence-electron chi connectivity index (χ3n) is 7.69. The van der Waals surface area contributed by atoms with Crippen LogP contribution in [0.15, 0.2) is 0 Å². The van der Waals surface area contributed by atoms with Crippen molar-refractivity contribution in [3.8, 4) is 0 Å². The Bertz CT molecular complexity index is 292. The second-order valence-electron chi connectivity index (χ2n) is 11.0. The highest BCUT2D eigenvalue weighted by Crippen LogP contribution is 2.20. The number of quaternary nitrogens is 1. The highest BCUT2D eigenvalue weighted by Gasteiger charge is 2.25. The number of hydrogen-bond acceptors (Lipinski definition) is 0. The molecule has 0 aliphatic heterocycles. The van der Waals surface area contributed by atoms with E-state index >= 15 is 0 Å². The summed E-state index contributed by atoms with van der Waals surface area (Å²) in [6.07, 6.45) is 33.3. The topological polar surface area (TPSA) is 0 Å². The molecule has 0 rings (SSSR count). The van der Waals surface area contributed by atoms with E-state index in [1.807, 2.05) is 0 Å². The maximum Gasteiger partial charge on any atom is 0.0786 e. The van der Waals surface area contributed by atoms with Gasteiger partial charge in [0.25, 0.3) is 0 Å². The molecule has 0 spiro atoms. The minimum absolute atomic E-state index is 1.37. The van der Waals surface area contributed by atoms with Crippen molar-refractivity contribution < 1.29 is 4.48 Å². The van der Waals surface area contributed by atoms with Gasteiger partial charge >= 0.3 is 0 Å². The fraction of sp³-hybridized carbons (Fsp3) is 1.00. The minimum atomic E-state index is 1.37. The smallest absolute Gasteiger partial charge is 0.0786 e. The molecule has 32 heavy (non-hydrogen) atoms. The molecule has 0 aromatic heterocycles. The van der Waals surface area contributed by atoms with Gasteiger partial charge < -0.3 is 4.48 Å². The van der Waals surface area contributed by atoms with E-state index in [9.17, 15) is 0 Å². The van der Waals surface area contributed by atoms with Gasteiger partial charge in [0, 0.05) is 0 Å². The summed E-state index contributed by atoms with van der Waals surface area (Å²) in [5.74, 6) is 0. The summed E-state index contributed by atoms with van der Waals surface area (Å²) in [7, 11) is 0. The van der Waals surface area contributed by atoms with E-state index in [0.29, 0.717) is 0 Å². The standard InChI is InChI=1S/C31H66N/c1-5-9-13-16-19-22-25-29-32(28-12-8-4,30-26-23-20-17-14-10-6-2)31-27-24-21-18-15-11-7-3/h5-31H2,1-4H3/q+1. The molecule has 0 bridgehead atoms. The van der Waals surface area contributed by atoms with Crippen molar-refractivity contribution in [1.82, 2.24) is 0 Å². The first-order valence-corrected chi connectivity index (χ1v) is 15.6. The lowest BCUT2D eigenvalue weighted by Gasteiger charge is -2.39. The first-order chi connectivity index (χ1) is 15.7. The van der Waals surface area contributed by atoms with E-state index in [0.717, 1.165) is 0 Å². The molecule has 0 saturated heterocycles. The molecule has 194 valence electrons. The largest absolute Gasteiger partial charge is 0.324 e. The lowest BCUT2D eigenvalue weighted by molar-refractivity contribution is -0.929. The molecular weight excluding hydrogens is 386 g/mol. The number of nitrogens with zero attached hydrogens (tertiary/aromatic N) is 1. The molecule has 0 aromatic rings. The van der Waals surface area contributed by atoms with Gasteiger partial charge in [0.2, 0.25) is 0 Å². The maximum absolute atomic E-state index is 2.39. The third kappa shape index (κ3) is 20.6. The Morgan fingerprint density at radius 1 is 0.250 bits per heavy atom. The molecule has 0 amide bonds. The van der Waals surface area contributed by atoms with Crippen molar-refractivity contribution in [2.75, 3.05) is 26.2 Å². The summed E-state index contributed by atoms with van der Waals surface area (Å²) in [4.78, 5) is 0. The lowest BCUT2D eigenvalue weighted by atomic mass is 10.0. The van der Waals surface area contributed by atoms with Gasteiger partial charge in [-0.25, -0.2) is 0 Å². The molecule has 0 heterocycles. The van der Waals surface area contributed by atoms with E-state index in [2.05, 4.69) is 27.7 Å². The molecule has 0 atom stereocenters. The van der Waals surface area contributed by atoms with Gasteiger partial charge in [-0.1, -0.05) is 130 Å². The predicted molar refractivity (Wildman–Crippen MR) is 149 cm³/mol. The molecule has 0 N–H and O–H groups in total. The Morgan fingerprint density at radius 3 is 0.750 bits per heavy atom. The van der Waals surface area contributed by atoms with E-state index < -0.39 is 0 Å². The Morgan fingerprint density at radius 2 is 0.469 bits per heavy atom. The highest BCUT2D eigenvalue weighted by molar-refractivity contribution is 4.54. The van der Waals surface area contributed by atoms with E-state index in [1.54, 1.807) is 0 Å². The zero-order valence-corrected chi connectivity index (χ0v) is 23.5. The average Bonchev–Trinajstić information content (AvgIpc) is 2.81. The van der Waals surface area contributed by atoms with Crippen LogP contribution in [-0.4, -0.2) is 30.7 Å². The van der Waals surface area contributed by atoms with Crippen LogP contribution in [0.3, 0.4) is 0 Å². The summed E-state index contributed by atoms with van der Waals surface area (Å²) in [5, 5.41) is 0. The first-order valence-electron chi connectivity index (χ1n) is 15.6. The SMILES string of the molecule is CCCCCCCCC[N+](CCCC)(CCCCCCCCC)CCCCCCCCC. The van der Waals surface area contributed by atoms with Crippen molar-refractivity contribution in [1.29, 1.82) is 0 Å². The molecular formula is C31H66N+. The van der Waals surface area contributed by atoms with Gasteiger partial charge in [0.05, 0.1) is 26.2 Å². The van der Waals surface area contributed by atoms with Gasteiger partial charge in [-0.3, -0.25) is 0 Å². The molecule has 0 aliphatic rings. The van der Waals surface area contributed by atoms with Crippen LogP contribution in [0.25, 0.3) is 0 Å². The maximum atomic E-state index is 2.39. The van der Waals surface area contributed by atoms with Gasteiger partial charge in [0.1, 0.15) is 0 Å². The van der Waals surface area contributed by atoms with Crippen LogP contribution in [-0.2, 0) is 0 Å². The normalized spacial score (nSPS) is 12.0. The molecule has 1 nitrogen and oxygen atoms in total. The molecule has 0 unspecified atom stereocenters. The molecule has 0 radical (unpaired) electrons. The second-order valence-corrected chi connectivity index (χ2v) is 11.0. The van der Waals surface area contributed by atoms with Gasteiger partial charge in [-0.2, -0.15) is 0 Å². The van der Waals surface area contributed by atoms with E-state index in [-0.39, 0.29) is 0 Å². The van der Waals surface area contributed by atoms with Crippen LogP contribution >= 0.6 is 0 Å². The Kier molecular flexibility index (Phi) is 25.5. The van der Waals surface area contributed by atoms with Crippen molar-refractivity contribution >= 4 is 0 Å². The van der Waals surface area contributed by atoms with Crippen molar-refractivity contribution in [3.05, 3.63) is 0 Å². The van der Waals surface area contributed by atoms with Crippen LogP contribution in [0.5, 0.6) is 0 Å². The summed E-state index contributed by atoms with van der Waals surface area (Å²) in [6.45, 7) is 15.2. The van der Waals surface area contributed by atoms with Crippen molar-refractivity contribution in [3.63, 3.8) is 0 Å². The number of unbranched alkanes of at least 4 members (excludes halogenated alkanes) is 19. The molecule has 0 fully saturated rings. The summed E-state index contributed by atoms with van der Waals surface area (Å²) in [5.41, 5.74) is 0. The van der Waals surface area contributed by atoms with Crippen LogP contribution in [0.2, 0.25) is 0 Å². The molecule has 0 saturated carbocycles. The third-order valence-corrected chi connectivity index (χ3v) is 7.69. The van der Waals surface area contributed by atoms with Gasteiger partial charge in [-0.15, -0.1) is 0 Å². The van der Waals surface area contributed by atoms with Crippen LogP contribution < -0.4 is 0 Å². The molecule has 0 aliphatic carbocycles. The Balaban J connectivity index is 4.51. The van der Waals surface area contributed by atoms with Gasteiger partial charge in [-0.05, 0) is 44.9 Å².